The number of carbonyl (C=O) groups is 2. The molecular formula is C29H28BrCl3N2O3. The van der Waals surface area contributed by atoms with Crippen LogP contribution in [0, 0.1) is 0 Å². The van der Waals surface area contributed by atoms with Gasteiger partial charge in [0.25, 0.3) is 5.91 Å². The highest BCUT2D eigenvalue weighted by atomic mass is 79.9. The topological polar surface area (TPSA) is 58.6 Å². The quantitative estimate of drug-likeness (QED) is 0.251. The zero-order valence-electron chi connectivity index (χ0n) is 20.6. The molecule has 1 saturated carbocycles. The first-order valence-corrected chi connectivity index (χ1v) is 14.4. The predicted molar refractivity (Wildman–Crippen MR) is 156 cm³/mol. The van der Waals surface area contributed by atoms with E-state index in [-0.39, 0.29) is 31.0 Å². The third kappa shape index (κ3) is 7.89. The van der Waals surface area contributed by atoms with Crippen molar-refractivity contribution in [2.24, 2.45) is 0 Å². The lowest BCUT2D eigenvalue weighted by atomic mass is 10.0. The highest BCUT2D eigenvalue weighted by molar-refractivity contribution is 9.10. The lowest BCUT2D eigenvalue weighted by molar-refractivity contribution is -0.143. The van der Waals surface area contributed by atoms with Crippen molar-refractivity contribution in [3.05, 3.63) is 97.4 Å². The molecule has 38 heavy (non-hydrogen) atoms. The van der Waals surface area contributed by atoms with Crippen molar-refractivity contribution in [2.45, 2.75) is 50.7 Å². The molecule has 1 N–H and O–H groups in total. The first-order valence-electron chi connectivity index (χ1n) is 12.5. The Kier molecular flexibility index (Phi) is 10.4. The third-order valence-electron chi connectivity index (χ3n) is 6.55. The van der Waals surface area contributed by atoms with E-state index >= 15 is 0 Å². The Bertz CT molecular complexity index is 1270. The SMILES string of the molecule is O=C(NC1CCCC1)C(Cc1ccccc1)N(Cc1ccc(Cl)c(Cl)c1)C(=O)COc1ccc(Br)cc1Cl. The molecule has 5 nitrogen and oxygen atoms in total. The average molecular weight is 639 g/mol. The van der Waals surface area contributed by atoms with Crippen LogP contribution in [0.4, 0.5) is 0 Å². The average Bonchev–Trinajstić information content (AvgIpc) is 3.41. The Labute approximate surface area is 246 Å². The van der Waals surface area contributed by atoms with E-state index in [1.54, 1.807) is 41.3 Å². The molecule has 3 aromatic carbocycles. The van der Waals surface area contributed by atoms with Crippen LogP contribution in [0.15, 0.2) is 71.2 Å². The summed E-state index contributed by atoms with van der Waals surface area (Å²) < 4.78 is 6.61. The van der Waals surface area contributed by atoms with Gasteiger partial charge in [-0.2, -0.15) is 0 Å². The maximum absolute atomic E-state index is 13.7. The van der Waals surface area contributed by atoms with Gasteiger partial charge in [-0.1, -0.05) is 100.0 Å². The van der Waals surface area contributed by atoms with Crippen LogP contribution in [0.25, 0.3) is 0 Å². The van der Waals surface area contributed by atoms with Gasteiger partial charge in [-0.15, -0.1) is 0 Å². The first kappa shape index (κ1) is 28.8. The molecule has 0 aromatic heterocycles. The molecule has 3 aromatic rings. The monoisotopic (exact) mass is 636 g/mol. The predicted octanol–water partition coefficient (Wildman–Crippen LogP) is 7.49. The maximum Gasteiger partial charge on any atom is 0.261 e. The van der Waals surface area contributed by atoms with Crippen LogP contribution >= 0.6 is 50.7 Å². The van der Waals surface area contributed by atoms with Crippen molar-refractivity contribution in [1.82, 2.24) is 10.2 Å². The van der Waals surface area contributed by atoms with Gasteiger partial charge >= 0.3 is 0 Å². The van der Waals surface area contributed by atoms with Gasteiger partial charge < -0.3 is 15.0 Å². The summed E-state index contributed by atoms with van der Waals surface area (Å²) in [6, 6.07) is 19.4. The van der Waals surface area contributed by atoms with Gasteiger partial charge in [-0.3, -0.25) is 9.59 Å². The minimum absolute atomic E-state index is 0.112. The third-order valence-corrected chi connectivity index (χ3v) is 8.08. The van der Waals surface area contributed by atoms with E-state index in [9.17, 15) is 9.59 Å². The molecule has 0 bridgehead atoms. The van der Waals surface area contributed by atoms with Crippen molar-refractivity contribution in [1.29, 1.82) is 0 Å². The number of hydrogen-bond acceptors (Lipinski definition) is 3. The standard InChI is InChI=1S/C29H28BrCl3N2O3/c30-21-11-13-27(25(33)16-21)38-18-28(36)35(17-20-10-12-23(31)24(32)14-20)26(15-19-6-2-1-3-7-19)29(37)34-22-8-4-5-9-22/h1-3,6-7,10-14,16,22,26H,4-5,8-9,15,17-18H2,(H,34,37). The number of amides is 2. The van der Waals surface area contributed by atoms with Gasteiger partial charge in [0.1, 0.15) is 11.8 Å². The number of halogens is 4. The number of rotatable bonds is 10. The lowest BCUT2D eigenvalue weighted by Gasteiger charge is -2.32. The fraction of sp³-hybridized carbons (Fsp3) is 0.310. The van der Waals surface area contributed by atoms with Gasteiger partial charge in [0.2, 0.25) is 5.91 Å². The molecule has 9 heteroatoms. The smallest absolute Gasteiger partial charge is 0.261 e. The highest BCUT2D eigenvalue weighted by Gasteiger charge is 2.32. The second-order valence-corrected chi connectivity index (χ2v) is 11.5. The minimum Gasteiger partial charge on any atom is -0.482 e. The minimum atomic E-state index is -0.760. The molecule has 1 aliphatic rings. The Balaban J connectivity index is 1.63. The van der Waals surface area contributed by atoms with Crippen LogP contribution in [0.2, 0.25) is 15.1 Å². The van der Waals surface area contributed by atoms with E-state index in [1.807, 2.05) is 30.3 Å². The summed E-state index contributed by atoms with van der Waals surface area (Å²) in [5.74, 6) is -0.152. The number of nitrogens with zero attached hydrogens (tertiary/aromatic N) is 1. The van der Waals surface area contributed by atoms with Crippen LogP contribution < -0.4 is 10.1 Å². The zero-order chi connectivity index (χ0) is 27.1. The molecule has 0 aliphatic heterocycles. The van der Waals surface area contributed by atoms with E-state index in [2.05, 4.69) is 21.2 Å². The molecule has 0 spiro atoms. The number of benzene rings is 3. The van der Waals surface area contributed by atoms with E-state index < -0.39 is 6.04 Å². The summed E-state index contributed by atoms with van der Waals surface area (Å²) in [7, 11) is 0. The Morgan fingerprint density at radius 3 is 2.34 bits per heavy atom. The molecule has 1 unspecified atom stereocenters. The molecule has 0 heterocycles. The van der Waals surface area contributed by atoms with Gasteiger partial charge in [-0.25, -0.2) is 0 Å². The normalized spacial score (nSPS) is 14.2. The van der Waals surface area contributed by atoms with Gasteiger partial charge in [0, 0.05) is 23.5 Å². The van der Waals surface area contributed by atoms with E-state index in [0.29, 0.717) is 27.2 Å². The van der Waals surface area contributed by atoms with E-state index in [4.69, 9.17) is 39.5 Å². The van der Waals surface area contributed by atoms with Crippen LogP contribution in [0.5, 0.6) is 5.75 Å². The first-order chi connectivity index (χ1) is 18.3. The summed E-state index contributed by atoms with van der Waals surface area (Å²) in [5.41, 5.74) is 1.70. The molecule has 0 radical (unpaired) electrons. The van der Waals surface area contributed by atoms with Crippen molar-refractivity contribution in [3.63, 3.8) is 0 Å². The van der Waals surface area contributed by atoms with Crippen molar-refractivity contribution < 1.29 is 14.3 Å². The summed E-state index contributed by atoms with van der Waals surface area (Å²) >= 11 is 22.1. The zero-order valence-corrected chi connectivity index (χ0v) is 24.5. The Morgan fingerprint density at radius 2 is 1.66 bits per heavy atom. The number of carbonyl (C=O) groups excluding carboxylic acids is 2. The Hall–Kier alpha value is -2.25. The van der Waals surface area contributed by atoms with Crippen molar-refractivity contribution in [3.8, 4) is 5.75 Å². The van der Waals surface area contributed by atoms with E-state index in [0.717, 1.165) is 41.3 Å². The maximum atomic E-state index is 13.7. The van der Waals surface area contributed by atoms with Gasteiger partial charge in [-0.05, 0) is 54.3 Å². The van der Waals surface area contributed by atoms with Gasteiger partial charge in [0.05, 0.1) is 15.1 Å². The number of nitrogens with one attached hydrogen (secondary N) is 1. The largest absolute Gasteiger partial charge is 0.482 e. The van der Waals surface area contributed by atoms with Gasteiger partial charge in [0.15, 0.2) is 6.61 Å². The number of ether oxygens (including phenoxy) is 1. The summed E-state index contributed by atoms with van der Waals surface area (Å²) in [5, 5.41) is 4.36. The van der Waals surface area contributed by atoms with Crippen molar-refractivity contribution >= 4 is 62.5 Å². The molecule has 0 saturated heterocycles. The molecule has 200 valence electrons. The summed E-state index contributed by atoms with van der Waals surface area (Å²) in [6.45, 7) is -0.132. The second kappa shape index (κ2) is 13.7. The molecular weight excluding hydrogens is 611 g/mol. The number of hydrogen-bond donors (Lipinski definition) is 1. The van der Waals surface area contributed by atoms with E-state index in [1.165, 1.54) is 0 Å². The summed E-state index contributed by atoms with van der Waals surface area (Å²) in [6.07, 6.45) is 4.40. The Morgan fingerprint density at radius 1 is 0.921 bits per heavy atom. The van der Waals surface area contributed by atoms with Crippen LogP contribution in [-0.2, 0) is 22.6 Å². The fourth-order valence-corrected chi connectivity index (χ4v) is 5.62. The molecule has 4 rings (SSSR count). The van der Waals surface area contributed by atoms with Crippen LogP contribution in [-0.4, -0.2) is 35.4 Å². The molecule has 1 fully saturated rings. The molecule has 2 amide bonds. The molecule has 1 atom stereocenters. The van der Waals surface area contributed by atoms with Crippen molar-refractivity contribution in [2.75, 3.05) is 6.61 Å². The lowest BCUT2D eigenvalue weighted by Crippen LogP contribution is -2.53. The van der Waals surface area contributed by atoms with Crippen LogP contribution in [0.1, 0.15) is 36.8 Å². The molecule has 1 aliphatic carbocycles. The van der Waals surface area contributed by atoms with Crippen LogP contribution in [0.3, 0.4) is 0 Å². The second-order valence-electron chi connectivity index (χ2n) is 9.33. The summed E-state index contributed by atoms with van der Waals surface area (Å²) in [4.78, 5) is 29.0. The highest BCUT2D eigenvalue weighted by Crippen LogP contribution is 2.28. The fourth-order valence-electron chi connectivity index (χ4n) is 4.57.